The molecule has 0 radical (unpaired) electrons. The number of pyridine rings is 1. The number of nitrogens with two attached hydrogens (primary N) is 1. The molecule has 11 nitrogen and oxygen atoms in total. The summed E-state index contributed by atoms with van der Waals surface area (Å²) in [5, 5.41) is 5.26. The fourth-order valence-electron chi connectivity index (χ4n) is 3.73. The third-order valence-corrected chi connectivity index (χ3v) is 5.75. The molecule has 0 aliphatic carbocycles. The monoisotopic (exact) mass is 543 g/mol. The van der Waals surface area contributed by atoms with Crippen molar-refractivity contribution in [1.82, 2.24) is 20.5 Å². The van der Waals surface area contributed by atoms with Gasteiger partial charge in [-0.1, -0.05) is 36.4 Å². The second-order valence-corrected chi connectivity index (χ2v) is 9.10. The summed E-state index contributed by atoms with van der Waals surface area (Å²) in [7, 11) is 0. The van der Waals surface area contributed by atoms with E-state index in [1.54, 1.807) is 23.4 Å². The Morgan fingerprint density at radius 3 is 2.26 bits per heavy atom. The number of rotatable bonds is 16. The van der Waals surface area contributed by atoms with E-state index in [-0.39, 0.29) is 38.1 Å². The molecule has 1 heterocycles. The first-order chi connectivity index (χ1) is 18.7. The van der Waals surface area contributed by atoms with E-state index in [4.69, 9.17) is 19.9 Å². The van der Waals surface area contributed by atoms with Crippen LogP contribution in [0.2, 0.25) is 0 Å². The molecular formula is C28H41N5O6. The van der Waals surface area contributed by atoms with Crippen LogP contribution in [-0.4, -0.2) is 78.5 Å². The number of hydrogen-bond acceptors (Lipinski definition) is 8. The summed E-state index contributed by atoms with van der Waals surface area (Å²) in [6, 6.07) is 10.6. The minimum Gasteiger partial charge on any atom is -0.445 e. The number of ether oxygens (including phenoxy) is 3. The maximum atomic E-state index is 13.7. The van der Waals surface area contributed by atoms with Crippen LogP contribution in [0.25, 0.3) is 0 Å². The molecule has 2 aromatic rings. The molecule has 1 aromatic heterocycles. The second kappa shape index (κ2) is 17.1. The number of carbonyl (C=O) groups excluding carboxylic acids is 3. The number of alkyl carbamates (subject to hydrolysis) is 1. The molecular weight excluding hydrogens is 502 g/mol. The molecule has 2 rings (SSSR count). The summed E-state index contributed by atoms with van der Waals surface area (Å²) < 4.78 is 16.5. The summed E-state index contributed by atoms with van der Waals surface area (Å²) in [5.74, 6) is -0.899. The van der Waals surface area contributed by atoms with Gasteiger partial charge in [0.05, 0.1) is 6.54 Å². The summed E-state index contributed by atoms with van der Waals surface area (Å²) in [6.45, 7) is 8.44. The minimum absolute atomic E-state index is 0.0886. The number of hydrogen-bond donors (Lipinski definition) is 3. The van der Waals surface area contributed by atoms with Gasteiger partial charge < -0.3 is 35.5 Å². The topological polar surface area (TPSA) is 145 Å². The highest BCUT2D eigenvalue weighted by Crippen LogP contribution is 2.11. The number of aromatic nitrogens is 1. The fraction of sp³-hybridized carbons (Fsp3) is 0.500. The van der Waals surface area contributed by atoms with Crippen LogP contribution in [0.1, 0.15) is 38.8 Å². The van der Waals surface area contributed by atoms with Crippen molar-refractivity contribution in [2.45, 2.75) is 65.1 Å². The SMILES string of the molecule is CCOC(CN(C(=O)C(Cc1cccnc1)NC(=O)C(N)CNC(=O)OCc1ccccc1)C(C)C)OCC. The lowest BCUT2D eigenvalue weighted by atomic mass is 10.0. The Bertz CT molecular complexity index is 1000. The Balaban J connectivity index is 2.06. The molecule has 4 N–H and O–H groups in total. The smallest absolute Gasteiger partial charge is 0.407 e. The lowest BCUT2D eigenvalue weighted by Gasteiger charge is -2.34. The standard InChI is InChI=1S/C28H41N5O6/c1-5-37-25(38-6-2)18-33(20(3)4)27(35)24(15-22-13-10-14-30-16-22)32-26(34)23(29)17-31-28(36)39-19-21-11-8-7-9-12-21/h7-14,16,20,23-25H,5-6,15,17-19,29H2,1-4H3,(H,31,36)(H,32,34). The van der Waals surface area contributed by atoms with E-state index in [9.17, 15) is 14.4 Å². The molecule has 0 saturated carbocycles. The molecule has 2 atom stereocenters. The number of benzene rings is 1. The van der Waals surface area contributed by atoms with Gasteiger partial charge in [-0.15, -0.1) is 0 Å². The second-order valence-electron chi connectivity index (χ2n) is 9.10. The predicted octanol–water partition coefficient (Wildman–Crippen LogP) is 2.00. The molecule has 11 heteroatoms. The van der Waals surface area contributed by atoms with Crippen molar-refractivity contribution < 1.29 is 28.6 Å². The van der Waals surface area contributed by atoms with E-state index in [0.717, 1.165) is 11.1 Å². The molecule has 0 spiro atoms. The van der Waals surface area contributed by atoms with Crippen LogP contribution in [-0.2, 0) is 36.8 Å². The van der Waals surface area contributed by atoms with E-state index >= 15 is 0 Å². The molecule has 0 bridgehead atoms. The zero-order chi connectivity index (χ0) is 28.6. The highest BCUT2D eigenvalue weighted by molar-refractivity contribution is 5.90. The summed E-state index contributed by atoms with van der Waals surface area (Å²) >= 11 is 0. The highest BCUT2D eigenvalue weighted by atomic mass is 16.7. The van der Waals surface area contributed by atoms with Crippen LogP contribution in [0, 0.1) is 0 Å². The van der Waals surface area contributed by atoms with E-state index in [2.05, 4.69) is 15.6 Å². The quantitative estimate of drug-likeness (QED) is 0.273. The van der Waals surface area contributed by atoms with Crippen molar-refractivity contribution in [3.05, 3.63) is 66.0 Å². The molecule has 0 fully saturated rings. The van der Waals surface area contributed by atoms with Crippen LogP contribution >= 0.6 is 0 Å². The Morgan fingerprint density at radius 2 is 1.67 bits per heavy atom. The maximum Gasteiger partial charge on any atom is 0.407 e. The predicted molar refractivity (Wildman–Crippen MR) is 146 cm³/mol. The van der Waals surface area contributed by atoms with Gasteiger partial charge in [0.25, 0.3) is 0 Å². The van der Waals surface area contributed by atoms with Gasteiger partial charge in [-0.25, -0.2) is 4.79 Å². The van der Waals surface area contributed by atoms with Gasteiger partial charge in [-0.2, -0.15) is 0 Å². The molecule has 39 heavy (non-hydrogen) atoms. The van der Waals surface area contributed by atoms with Crippen LogP contribution in [0.5, 0.6) is 0 Å². The van der Waals surface area contributed by atoms with Gasteiger partial charge in [-0.05, 0) is 44.9 Å². The molecule has 0 saturated heterocycles. The first-order valence-corrected chi connectivity index (χ1v) is 13.2. The zero-order valence-corrected chi connectivity index (χ0v) is 23.2. The molecule has 3 amide bonds. The lowest BCUT2D eigenvalue weighted by molar-refractivity contribution is -0.163. The summed E-state index contributed by atoms with van der Waals surface area (Å²) in [6.07, 6.45) is 2.17. The molecule has 1 aromatic carbocycles. The lowest BCUT2D eigenvalue weighted by Crippen LogP contribution is -2.57. The zero-order valence-electron chi connectivity index (χ0n) is 23.2. The Labute approximate surface area is 230 Å². The van der Waals surface area contributed by atoms with Crippen molar-refractivity contribution in [2.75, 3.05) is 26.3 Å². The molecule has 2 unspecified atom stereocenters. The Morgan fingerprint density at radius 1 is 1.00 bits per heavy atom. The number of nitrogens with zero attached hydrogens (tertiary/aromatic N) is 2. The fourth-order valence-corrected chi connectivity index (χ4v) is 3.73. The van der Waals surface area contributed by atoms with Crippen molar-refractivity contribution in [3.63, 3.8) is 0 Å². The van der Waals surface area contributed by atoms with Crippen molar-refractivity contribution in [3.8, 4) is 0 Å². The third kappa shape index (κ3) is 11.4. The van der Waals surface area contributed by atoms with Gasteiger partial charge in [0.1, 0.15) is 18.7 Å². The van der Waals surface area contributed by atoms with Crippen LogP contribution in [0.3, 0.4) is 0 Å². The van der Waals surface area contributed by atoms with Crippen LogP contribution in [0.4, 0.5) is 4.79 Å². The number of carbonyl (C=O) groups is 3. The Hall–Kier alpha value is -3.54. The maximum absolute atomic E-state index is 13.7. The molecule has 214 valence electrons. The Kier molecular flexibility index (Phi) is 13.9. The normalized spacial score (nSPS) is 12.6. The van der Waals surface area contributed by atoms with Crippen molar-refractivity contribution in [2.24, 2.45) is 5.73 Å². The van der Waals surface area contributed by atoms with E-state index < -0.39 is 30.4 Å². The van der Waals surface area contributed by atoms with Crippen molar-refractivity contribution in [1.29, 1.82) is 0 Å². The average molecular weight is 544 g/mol. The van der Waals surface area contributed by atoms with Gasteiger partial charge >= 0.3 is 6.09 Å². The van der Waals surface area contributed by atoms with Gasteiger partial charge in [0, 0.05) is 44.6 Å². The highest BCUT2D eigenvalue weighted by Gasteiger charge is 2.31. The van der Waals surface area contributed by atoms with Gasteiger partial charge in [0.15, 0.2) is 6.29 Å². The number of amides is 3. The molecule has 0 aliphatic heterocycles. The van der Waals surface area contributed by atoms with Crippen LogP contribution in [0.15, 0.2) is 54.9 Å². The molecule has 0 aliphatic rings. The third-order valence-electron chi connectivity index (χ3n) is 5.75. The minimum atomic E-state index is -1.11. The van der Waals surface area contributed by atoms with E-state index in [1.807, 2.05) is 64.1 Å². The first kappa shape index (κ1) is 31.7. The van der Waals surface area contributed by atoms with E-state index in [1.165, 1.54) is 0 Å². The summed E-state index contributed by atoms with van der Waals surface area (Å²) in [4.78, 5) is 44.5. The first-order valence-electron chi connectivity index (χ1n) is 13.2. The summed E-state index contributed by atoms with van der Waals surface area (Å²) in [5.41, 5.74) is 7.65. The van der Waals surface area contributed by atoms with Gasteiger partial charge in [-0.3, -0.25) is 14.6 Å². The van der Waals surface area contributed by atoms with Crippen molar-refractivity contribution >= 4 is 17.9 Å². The average Bonchev–Trinajstić information content (AvgIpc) is 2.93. The largest absolute Gasteiger partial charge is 0.445 e. The van der Waals surface area contributed by atoms with E-state index in [0.29, 0.717) is 13.2 Å². The van der Waals surface area contributed by atoms with Crippen LogP contribution < -0.4 is 16.4 Å². The van der Waals surface area contributed by atoms with Gasteiger partial charge in [0.2, 0.25) is 11.8 Å². The number of nitrogens with one attached hydrogen (secondary N) is 2.